The summed E-state index contributed by atoms with van der Waals surface area (Å²) >= 11 is 0. The van der Waals surface area contributed by atoms with Gasteiger partial charge in [-0.2, -0.15) is 5.10 Å². The first-order valence-electron chi connectivity index (χ1n) is 10.5. The van der Waals surface area contributed by atoms with Crippen LogP contribution in [0.1, 0.15) is 45.6 Å². The molecule has 0 unspecified atom stereocenters. The molecule has 8 heteroatoms. The second-order valence-corrected chi connectivity index (χ2v) is 8.73. The number of likely N-dealkylation sites (tertiary alicyclic amines) is 1. The Morgan fingerprint density at radius 1 is 1.17 bits per heavy atom. The van der Waals surface area contributed by atoms with Gasteiger partial charge >= 0.3 is 6.09 Å². The predicted octanol–water partition coefficient (Wildman–Crippen LogP) is 3.50. The van der Waals surface area contributed by atoms with Crippen LogP contribution in [0.4, 0.5) is 10.6 Å². The Balaban J connectivity index is 1.39. The van der Waals surface area contributed by atoms with E-state index < -0.39 is 5.60 Å². The number of anilines is 1. The van der Waals surface area contributed by atoms with Crippen LogP contribution in [0.15, 0.2) is 36.8 Å². The van der Waals surface area contributed by atoms with Gasteiger partial charge in [-0.3, -0.25) is 14.5 Å². The monoisotopic (exact) mass is 413 g/mol. The minimum Gasteiger partial charge on any atom is -0.444 e. The number of ether oxygens (including phenoxy) is 1. The summed E-state index contributed by atoms with van der Waals surface area (Å²) in [6.45, 7) is 7.57. The summed E-state index contributed by atoms with van der Waals surface area (Å²) in [5.74, 6) is 0.795. The van der Waals surface area contributed by atoms with Gasteiger partial charge < -0.3 is 15.0 Å². The molecule has 8 nitrogen and oxygen atoms in total. The Morgan fingerprint density at radius 3 is 2.53 bits per heavy atom. The smallest absolute Gasteiger partial charge is 0.410 e. The number of piperidine rings is 1. The third-order valence-electron chi connectivity index (χ3n) is 5.03. The Hall–Kier alpha value is -2.90. The number of rotatable bonds is 6. The summed E-state index contributed by atoms with van der Waals surface area (Å²) in [5, 5.41) is 7.31. The highest BCUT2D eigenvalue weighted by Gasteiger charge is 2.27. The van der Waals surface area contributed by atoms with Crippen LogP contribution >= 0.6 is 0 Å². The quantitative estimate of drug-likeness (QED) is 0.783. The number of hydrogen-bond donors (Lipinski definition) is 1. The first kappa shape index (κ1) is 21.8. The molecule has 3 heterocycles. The molecule has 0 aliphatic carbocycles. The van der Waals surface area contributed by atoms with E-state index in [0.717, 1.165) is 25.8 Å². The molecular weight excluding hydrogens is 382 g/mol. The van der Waals surface area contributed by atoms with Crippen molar-refractivity contribution in [2.24, 2.45) is 5.92 Å². The zero-order chi connectivity index (χ0) is 21.6. The van der Waals surface area contributed by atoms with Gasteiger partial charge in [-0.25, -0.2) is 4.79 Å². The van der Waals surface area contributed by atoms with Crippen molar-refractivity contribution in [2.45, 2.75) is 58.6 Å². The molecule has 1 aliphatic heterocycles. The van der Waals surface area contributed by atoms with Gasteiger partial charge in [0.05, 0.1) is 0 Å². The number of nitrogens with zero attached hydrogens (tertiary/aromatic N) is 4. The molecule has 3 rings (SSSR count). The van der Waals surface area contributed by atoms with Crippen LogP contribution in [0.3, 0.4) is 0 Å². The van der Waals surface area contributed by atoms with E-state index in [9.17, 15) is 9.59 Å². The van der Waals surface area contributed by atoms with E-state index in [4.69, 9.17) is 4.74 Å². The maximum atomic E-state index is 12.4. The van der Waals surface area contributed by atoms with Gasteiger partial charge in [-0.05, 0) is 63.6 Å². The molecule has 1 N–H and O–H groups in total. The van der Waals surface area contributed by atoms with Crippen LogP contribution in [0.2, 0.25) is 0 Å². The lowest BCUT2D eigenvalue weighted by molar-refractivity contribution is -0.117. The molecule has 0 bridgehead atoms. The molecule has 0 saturated carbocycles. The molecule has 2 amide bonds. The molecule has 0 spiro atoms. The zero-order valence-corrected chi connectivity index (χ0v) is 18.0. The number of carbonyl (C=O) groups is 2. The Bertz CT molecular complexity index is 836. The van der Waals surface area contributed by atoms with E-state index in [1.807, 2.05) is 49.8 Å². The summed E-state index contributed by atoms with van der Waals surface area (Å²) < 4.78 is 7.25. The fraction of sp³-hybridized carbons (Fsp3) is 0.545. The minimum atomic E-state index is -0.491. The van der Waals surface area contributed by atoms with E-state index in [2.05, 4.69) is 15.4 Å². The van der Waals surface area contributed by atoms with Crippen molar-refractivity contribution in [3.05, 3.63) is 42.4 Å². The normalized spacial score (nSPS) is 15.1. The lowest BCUT2D eigenvalue weighted by Gasteiger charge is -2.33. The van der Waals surface area contributed by atoms with Gasteiger partial charge in [-0.15, -0.1) is 0 Å². The van der Waals surface area contributed by atoms with Gasteiger partial charge in [0.25, 0.3) is 0 Å². The number of pyridine rings is 1. The van der Waals surface area contributed by atoms with Crippen molar-refractivity contribution >= 4 is 17.8 Å². The molecule has 0 radical (unpaired) electrons. The largest absolute Gasteiger partial charge is 0.444 e. The number of aryl methyl sites for hydroxylation is 2. The van der Waals surface area contributed by atoms with Crippen molar-refractivity contribution in [3.63, 3.8) is 0 Å². The summed E-state index contributed by atoms with van der Waals surface area (Å²) in [6.07, 6.45) is 8.04. The van der Waals surface area contributed by atoms with Gasteiger partial charge in [0, 0.05) is 50.7 Å². The van der Waals surface area contributed by atoms with Crippen LogP contribution in [0.5, 0.6) is 0 Å². The molecule has 2 aromatic rings. The average molecular weight is 414 g/mol. The summed E-state index contributed by atoms with van der Waals surface area (Å²) in [7, 11) is 0. The van der Waals surface area contributed by atoms with Crippen LogP contribution in [-0.2, 0) is 22.5 Å². The second kappa shape index (κ2) is 9.73. The maximum absolute atomic E-state index is 12.4. The molecule has 1 fully saturated rings. The third kappa shape index (κ3) is 6.86. The van der Waals surface area contributed by atoms with Gasteiger partial charge in [0.15, 0.2) is 5.82 Å². The molecule has 162 valence electrons. The molecule has 1 saturated heterocycles. The maximum Gasteiger partial charge on any atom is 0.410 e. The van der Waals surface area contributed by atoms with Crippen LogP contribution in [0.25, 0.3) is 0 Å². The number of aromatic nitrogens is 3. The zero-order valence-electron chi connectivity index (χ0n) is 18.0. The molecule has 2 aromatic heterocycles. The van der Waals surface area contributed by atoms with Crippen molar-refractivity contribution in [3.8, 4) is 0 Å². The fourth-order valence-corrected chi connectivity index (χ4v) is 3.45. The lowest BCUT2D eigenvalue weighted by atomic mass is 9.93. The lowest BCUT2D eigenvalue weighted by Crippen LogP contribution is -2.42. The second-order valence-electron chi connectivity index (χ2n) is 8.73. The Morgan fingerprint density at radius 2 is 1.87 bits per heavy atom. The van der Waals surface area contributed by atoms with Crippen LogP contribution in [-0.4, -0.2) is 50.4 Å². The van der Waals surface area contributed by atoms with Gasteiger partial charge in [-0.1, -0.05) is 0 Å². The first-order valence-corrected chi connectivity index (χ1v) is 10.5. The molecule has 1 aliphatic rings. The molecule has 0 aromatic carbocycles. The van der Waals surface area contributed by atoms with E-state index in [1.165, 1.54) is 5.56 Å². The number of carbonyl (C=O) groups excluding carboxylic acids is 2. The minimum absolute atomic E-state index is 0.0369. The highest BCUT2D eigenvalue weighted by atomic mass is 16.6. The van der Waals surface area contributed by atoms with Crippen molar-refractivity contribution < 1.29 is 14.3 Å². The number of hydrogen-bond acceptors (Lipinski definition) is 5. The number of amides is 2. The predicted molar refractivity (Wildman–Crippen MR) is 114 cm³/mol. The third-order valence-corrected chi connectivity index (χ3v) is 5.03. The number of nitrogens with one attached hydrogen (secondary N) is 1. The summed E-state index contributed by atoms with van der Waals surface area (Å²) in [5.41, 5.74) is 0.707. The van der Waals surface area contributed by atoms with Crippen molar-refractivity contribution in [1.82, 2.24) is 19.7 Å². The van der Waals surface area contributed by atoms with Crippen molar-refractivity contribution in [2.75, 3.05) is 18.4 Å². The molecule has 30 heavy (non-hydrogen) atoms. The van der Waals surface area contributed by atoms with Crippen molar-refractivity contribution in [1.29, 1.82) is 0 Å². The Labute approximate surface area is 177 Å². The average Bonchev–Trinajstić information content (AvgIpc) is 3.13. The first-order chi connectivity index (χ1) is 14.3. The summed E-state index contributed by atoms with van der Waals surface area (Å²) in [6, 6.07) is 5.79. The highest BCUT2D eigenvalue weighted by Crippen LogP contribution is 2.22. The Kier molecular flexibility index (Phi) is 7.07. The fourth-order valence-electron chi connectivity index (χ4n) is 3.45. The van der Waals surface area contributed by atoms with Gasteiger partial charge in [0.1, 0.15) is 5.60 Å². The molecular formula is C22H31N5O3. The molecule has 0 atom stereocenters. The van der Waals surface area contributed by atoms with Gasteiger partial charge in [0.2, 0.25) is 5.91 Å². The standard InChI is InChI=1S/C22H31N5O3/c1-22(2,3)30-21(29)26-12-6-18(7-13-26)16-20(28)24-19-9-15-27(25-19)14-8-17-4-10-23-11-5-17/h4-5,9-11,15,18H,6-8,12-14,16H2,1-3H3,(H,24,25,28). The summed E-state index contributed by atoms with van der Waals surface area (Å²) in [4.78, 5) is 30.3. The topological polar surface area (TPSA) is 89.4 Å². The van der Waals surface area contributed by atoms with E-state index in [-0.39, 0.29) is 17.9 Å². The van der Waals surface area contributed by atoms with E-state index in [1.54, 1.807) is 17.3 Å². The highest BCUT2D eigenvalue weighted by molar-refractivity contribution is 5.89. The van der Waals surface area contributed by atoms with Crippen LogP contribution in [0, 0.1) is 5.92 Å². The van der Waals surface area contributed by atoms with E-state index >= 15 is 0 Å². The van der Waals surface area contributed by atoms with Crippen LogP contribution < -0.4 is 5.32 Å². The van der Waals surface area contributed by atoms with E-state index in [0.29, 0.717) is 25.3 Å². The SMILES string of the molecule is CC(C)(C)OC(=O)N1CCC(CC(=O)Nc2ccn(CCc3ccncc3)n2)CC1.